The van der Waals surface area contributed by atoms with Crippen LogP contribution in [0.1, 0.15) is 0 Å². The van der Waals surface area contributed by atoms with Crippen molar-refractivity contribution < 1.29 is 4.42 Å². The number of hydrogen-bond donors (Lipinski definition) is 0. The average molecular weight is 694 g/mol. The molecule has 248 valence electrons. The van der Waals surface area contributed by atoms with Crippen molar-refractivity contribution in [1.82, 2.24) is 0 Å². The molecule has 0 bridgehead atoms. The summed E-state index contributed by atoms with van der Waals surface area (Å²) >= 11 is 1.85. The van der Waals surface area contributed by atoms with Crippen molar-refractivity contribution in [3.05, 3.63) is 188 Å². The third kappa shape index (κ3) is 4.78. The Balaban J connectivity index is 1.10. The minimum absolute atomic E-state index is 0.904. The first-order valence-corrected chi connectivity index (χ1v) is 18.8. The van der Waals surface area contributed by atoms with E-state index in [2.05, 4.69) is 193 Å². The predicted molar refractivity (Wildman–Crippen MR) is 227 cm³/mol. The summed E-state index contributed by atoms with van der Waals surface area (Å²) in [7, 11) is 0. The Morgan fingerprint density at radius 2 is 1.08 bits per heavy atom. The number of fused-ring (bicyclic) bond motifs is 9. The minimum Gasteiger partial charge on any atom is -0.455 e. The van der Waals surface area contributed by atoms with Crippen LogP contribution in [-0.4, -0.2) is 0 Å². The first-order chi connectivity index (χ1) is 26.3. The SMILES string of the molecule is c1cc(-c2cccc3ccccc23)cc(N(c2ccc(-c3cccc4oc5c6ccccc6ccc5c34)cc2)c2cccc3sc4ccccc4c23)c1. The van der Waals surface area contributed by atoms with E-state index in [4.69, 9.17) is 4.42 Å². The summed E-state index contributed by atoms with van der Waals surface area (Å²) in [5.41, 5.74) is 9.95. The molecule has 0 saturated heterocycles. The quantitative estimate of drug-likeness (QED) is 0.178. The standard InChI is InChI=1S/C50H31NOS/c1-3-16-38-32(11-1)13-8-19-39(38)35-14-7-15-37(31-35)51(44-21-10-24-47-49(44)42-18-5-6-23-46(42)53-47)36-28-25-34(26-29-36)40-20-9-22-45-48(40)43-30-27-33-12-2-4-17-41(33)50(43)52-45/h1-31H. The van der Waals surface area contributed by atoms with Gasteiger partial charge in [0.25, 0.3) is 0 Å². The molecule has 0 saturated carbocycles. The van der Waals surface area contributed by atoms with Gasteiger partial charge < -0.3 is 9.32 Å². The van der Waals surface area contributed by atoms with Crippen LogP contribution in [0.5, 0.6) is 0 Å². The van der Waals surface area contributed by atoms with Gasteiger partial charge in [0, 0.05) is 47.7 Å². The molecule has 0 amide bonds. The highest BCUT2D eigenvalue weighted by Gasteiger charge is 2.20. The molecular formula is C50H31NOS. The Morgan fingerprint density at radius 3 is 1.96 bits per heavy atom. The van der Waals surface area contributed by atoms with E-state index in [0.29, 0.717) is 0 Å². The molecule has 0 atom stereocenters. The zero-order valence-electron chi connectivity index (χ0n) is 28.7. The summed E-state index contributed by atoms with van der Waals surface area (Å²) in [6.45, 7) is 0. The lowest BCUT2D eigenvalue weighted by Gasteiger charge is -2.27. The highest BCUT2D eigenvalue weighted by molar-refractivity contribution is 7.26. The zero-order chi connectivity index (χ0) is 34.9. The van der Waals surface area contributed by atoms with Gasteiger partial charge in [0.05, 0.1) is 5.69 Å². The van der Waals surface area contributed by atoms with E-state index in [-0.39, 0.29) is 0 Å². The maximum absolute atomic E-state index is 6.54. The molecule has 0 unspecified atom stereocenters. The Kier molecular flexibility index (Phi) is 6.76. The molecule has 53 heavy (non-hydrogen) atoms. The van der Waals surface area contributed by atoms with E-state index in [0.717, 1.165) is 50.0 Å². The van der Waals surface area contributed by atoms with E-state index in [1.165, 1.54) is 53.0 Å². The number of anilines is 3. The highest BCUT2D eigenvalue weighted by atomic mass is 32.1. The fraction of sp³-hybridized carbons (Fsp3) is 0. The summed E-state index contributed by atoms with van der Waals surface area (Å²) in [4.78, 5) is 2.43. The van der Waals surface area contributed by atoms with Gasteiger partial charge in [0.2, 0.25) is 0 Å². The molecule has 9 aromatic carbocycles. The van der Waals surface area contributed by atoms with Gasteiger partial charge in [-0.15, -0.1) is 11.3 Å². The Morgan fingerprint density at radius 1 is 0.396 bits per heavy atom. The second-order valence-electron chi connectivity index (χ2n) is 13.7. The van der Waals surface area contributed by atoms with Gasteiger partial charge in [-0.3, -0.25) is 0 Å². The van der Waals surface area contributed by atoms with Crippen LogP contribution in [0.3, 0.4) is 0 Å². The fourth-order valence-electron chi connectivity index (χ4n) is 8.24. The van der Waals surface area contributed by atoms with Crippen molar-refractivity contribution in [3.8, 4) is 22.3 Å². The molecule has 11 rings (SSSR count). The van der Waals surface area contributed by atoms with Crippen LogP contribution in [0.4, 0.5) is 17.1 Å². The largest absolute Gasteiger partial charge is 0.455 e. The molecule has 3 heteroatoms. The number of furan rings is 1. The van der Waals surface area contributed by atoms with E-state index in [9.17, 15) is 0 Å². The van der Waals surface area contributed by atoms with E-state index in [1.807, 2.05) is 11.3 Å². The van der Waals surface area contributed by atoms with Crippen molar-refractivity contribution in [2.24, 2.45) is 0 Å². The van der Waals surface area contributed by atoms with Crippen molar-refractivity contribution >= 4 is 92.1 Å². The molecule has 0 spiro atoms. The van der Waals surface area contributed by atoms with Gasteiger partial charge in [-0.05, 0) is 93.0 Å². The number of nitrogens with zero attached hydrogens (tertiary/aromatic N) is 1. The summed E-state index contributed by atoms with van der Waals surface area (Å²) in [6, 6.07) is 68.0. The first kappa shape index (κ1) is 30.0. The van der Waals surface area contributed by atoms with Crippen molar-refractivity contribution in [2.75, 3.05) is 4.90 Å². The van der Waals surface area contributed by atoms with Gasteiger partial charge in [0.1, 0.15) is 11.2 Å². The van der Waals surface area contributed by atoms with E-state index in [1.54, 1.807) is 0 Å². The van der Waals surface area contributed by atoms with Crippen LogP contribution >= 0.6 is 11.3 Å². The van der Waals surface area contributed by atoms with Crippen LogP contribution in [-0.2, 0) is 0 Å². The third-order valence-corrected chi connectivity index (χ3v) is 11.8. The lowest BCUT2D eigenvalue weighted by atomic mass is 9.97. The highest BCUT2D eigenvalue weighted by Crippen LogP contribution is 2.46. The molecule has 0 N–H and O–H groups in total. The molecule has 2 heterocycles. The number of benzene rings is 9. The van der Waals surface area contributed by atoms with Crippen molar-refractivity contribution in [3.63, 3.8) is 0 Å². The van der Waals surface area contributed by atoms with Gasteiger partial charge >= 0.3 is 0 Å². The molecule has 0 aliphatic heterocycles. The topological polar surface area (TPSA) is 16.4 Å². The third-order valence-electron chi connectivity index (χ3n) is 10.7. The van der Waals surface area contributed by atoms with E-state index >= 15 is 0 Å². The Labute approximate surface area is 310 Å². The molecule has 0 fully saturated rings. The zero-order valence-corrected chi connectivity index (χ0v) is 29.5. The predicted octanol–water partition coefficient (Wildman–Crippen LogP) is 15.1. The Hall–Kier alpha value is -6.68. The maximum Gasteiger partial charge on any atom is 0.143 e. The van der Waals surface area contributed by atoms with Gasteiger partial charge in [0.15, 0.2) is 0 Å². The van der Waals surface area contributed by atoms with Crippen LogP contribution in [0, 0.1) is 0 Å². The maximum atomic E-state index is 6.54. The first-order valence-electron chi connectivity index (χ1n) is 18.0. The van der Waals surface area contributed by atoms with Gasteiger partial charge in [-0.25, -0.2) is 0 Å². The Bertz CT molecular complexity index is 3180. The summed E-state index contributed by atoms with van der Waals surface area (Å²) in [5.74, 6) is 0. The second kappa shape index (κ2) is 11.9. The molecule has 0 radical (unpaired) electrons. The van der Waals surface area contributed by atoms with E-state index < -0.39 is 0 Å². The number of thiophene rings is 1. The minimum atomic E-state index is 0.904. The molecule has 2 nitrogen and oxygen atoms in total. The van der Waals surface area contributed by atoms with Crippen LogP contribution in [0.2, 0.25) is 0 Å². The molecule has 2 aromatic heterocycles. The smallest absolute Gasteiger partial charge is 0.143 e. The lowest BCUT2D eigenvalue weighted by Crippen LogP contribution is -2.10. The second-order valence-corrected chi connectivity index (χ2v) is 14.7. The fourth-order valence-corrected chi connectivity index (χ4v) is 9.37. The normalized spacial score (nSPS) is 11.8. The summed E-state index contributed by atoms with van der Waals surface area (Å²) in [5, 5.41) is 9.66. The van der Waals surface area contributed by atoms with Crippen molar-refractivity contribution in [2.45, 2.75) is 0 Å². The monoisotopic (exact) mass is 693 g/mol. The summed E-state index contributed by atoms with van der Waals surface area (Å²) < 4.78 is 9.11. The van der Waals surface area contributed by atoms with Crippen LogP contribution in [0.15, 0.2) is 192 Å². The number of hydrogen-bond acceptors (Lipinski definition) is 3. The summed E-state index contributed by atoms with van der Waals surface area (Å²) in [6.07, 6.45) is 0. The van der Waals surface area contributed by atoms with Gasteiger partial charge in [-0.1, -0.05) is 133 Å². The van der Waals surface area contributed by atoms with Crippen LogP contribution in [0.25, 0.3) is 85.9 Å². The van der Waals surface area contributed by atoms with Crippen LogP contribution < -0.4 is 4.90 Å². The molecule has 0 aliphatic rings. The number of rotatable bonds is 5. The lowest BCUT2D eigenvalue weighted by molar-refractivity contribution is 0.673. The molecular weight excluding hydrogens is 663 g/mol. The molecule has 0 aliphatic carbocycles. The average Bonchev–Trinajstić information content (AvgIpc) is 3.81. The van der Waals surface area contributed by atoms with Gasteiger partial charge in [-0.2, -0.15) is 0 Å². The molecule has 11 aromatic rings. The van der Waals surface area contributed by atoms with Crippen molar-refractivity contribution in [1.29, 1.82) is 0 Å².